The number of aliphatic carboxylic acids is 1. The van der Waals surface area contributed by atoms with Gasteiger partial charge in [-0.2, -0.15) is 5.10 Å². The number of rotatable bonds is 5. The molecule has 6 nitrogen and oxygen atoms in total. The van der Waals surface area contributed by atoms with E-state index in [1.807, 2.05) is 0 Å². The molecule has 2 atom stereocenters. The van der Waals surface area contributed by atoms with E-state index in [1.165, 1.54) is 4.68 Å². The third-order valence-corrected chi connectivity index (χ3v) is 2.97. The van der Waals surface area contributed by atoms with Crippen LogP contribution in [0.4, 0.5) is 0 Å². The van der Waals surface area contributed by atoms with E-state index in [9.17, 15) is 14.7 Å². The molecule has 0 saturated heterocycles. The van der Waals surface area contributed by atoms with Crippen molar-refractivity contribution in [3.8, 4) is 0 Å². The third-order valence-electron chi connectivity index (χ3n) is 2.97. The second kappa shape index (κ2) is 6.01. The van der Waals surface area contributed by atoms with Crippen molar-refractivity contribution in [1.82, 2.24) is 15.1 Å². The average molecular weight is 273 g/mol. The molecule has 2 N–H and O–H groups in total. The number of carboxylic acid groups (broad SMARTS) is 1. The van der Waals surface area contributed by atoms with Crippen LogP contribution in [0.5, 0.6) is 0 Å². The monoisotopic (exact) mass is 273 g/mol. The summed E-state index contributed by atoms with van der Waals surface area (Å²) >= 11 is 0. The van der Waals surface area contributed by atoms with Gasteiger partial charge in [-0.1, -0.05) is 30.3 Å². The average Bonchev–Trinajstić information content (AvgIpc) is 2.98. The van der Waals surface area contributed by atoms with Gasteiger partial charge in [0, 0.05) is 12.4 Å². The maximum Gasteiger partial charge on any atom is 0.330 e. The van der Waals surface area contributed by atoms with Gasteiger partial charge in [-0.15, -0.1) is 0 Å². The van der Waals surface area contributed by atoms with Crippen LogP contribution in [-0.4, -0.2) is 26.8 Å². The van der Waals surface area contributed by atoms with Gasteiger partial charge in [-0.05, 0) is 18.6 Å². The molecular formula is C14H15N3O3. The zero-order chi connectivity index (χ0) is 14.5. The molecule has 0 bridgehead atoms. The summed E-state index contributed by atoms with van der Waals surface area (Å²) in [5.74, 6) is -1.50. The quantitative estimate of drug-likeness (QED) is 0.862. The zero-order valence-corrected chi connectivity index (χ0v) is 10.9. The summed E-state index contributed by atoms with van der Waals surface area (Å²) in [6, 6.07) is 8.64. The van der Waals surface area contributed by atoms with Crippen LogP contribution in [0.3, 0.4) is 0 Å². The number of carbonyl (C=O) groups excluding carboxylic acids is 1. The minimum Gasteiger partial charge on any atom is -0.479 e. The molecule has 1 unspecified atom stereocenters. The summed E-state index contributed by atoms with van der Waals surface area (Å²) in [7, 11) is 0. The van der Waals surface area contributed by atoms with E-state index in [1.54, 1.807) is 55.7 Å². The van der Waals surface area contributed by atoms with Crippen LogP contribution in [-0.2, 0) is 9.59 Å². The van der Waals surface area contributed by atoms with Crippen molar-refractivity contribution in [1.29, 1.82) is 0 Å². The molecule has 1 aromatic heterocycles. The fourth-order valence-corrected chi connectivity index (χ4v) is 1.83. The Morgan fingerprint density at radius 3 is 2.50 bits per heavy atom. The number of carboxylic acids is 1. The number of amides is 1. The predicted octanol–water partition coefficient (Wildman–Crippen LogP) is 1.39. The van der Waals surface area contributed by atoms with Crippen molar-refractivity contribution in [2.45, 2.75) is 19.0 Å². The largest absolute Gasteiger partial charge is 0.479 e. The molecule has 1 aromatic carbocycles. The first-order valence-electron chi connectivity index (χ1n) is 6.17. The van der Waals surface area contributed by atoms with Gasteiger partial charge in [0.2, 0.25) is 5.91 Å². The number of hydrogen-bond donors (Lipinski definition) is 2. The SMILES string of the molecule is CC(C(=O)N[C@@H](C(=O)O)c1ccccc1)n1cccn1. The Balaban J connectivity index is 2.13. The highest BCUT2D eigenvalue weighted by molar-refractivity contribution is 5.86. The van der Waals surface area contributed by atoms with Crippen LogP contribution in [0.25, 0.3) is 0 Å². The Kier molecular flexibility index (Phi) is 4.14. The van der Waals surface area contributed by atoms with E-state index >= 15 is 0 Å². The Labute approximate surface area is 116 Å². The number of carbonyl (C=O) groups is 2. The van der Waals surface area contributed by atoms with Gasteiger partial charge in [0.15, 0.2) is 6.04 Å². The Morgan fingerprint density at radius 1 is 1.25 bits per heavy atom. The van der Waals surface area contributed by atoms with E-state index in [0.29, 0.717) is 5.56 Å². The highest BCUT2D eigenvalue weighted by Gasteiger charge is 2.25. The van der Waals surface area contributed by atoms with E-state index in [-0.39, 0.29) is 0 Å². The molecule has 0 spiro atoms. The molecule has 104 valence electrons. The molecule has 1 heterocycles. The lowest BCUT2D eigenvalue weighted by Gasteiger charge is -2.18. The lowest BCUT2D eigenvalue weighted by atomic mass is 10.1. The van der Waals surface area contributed by atoms with Gasteiger partial charge in [0.1, 0.15) is 6.04 Å². The molecule has 2 aromatic rings. The molecule has 0 radical (unpaired) electrons. The van der Waals surface area contributed by atoms with Gasteiger partial charge < -0.3 is 10.4 Å². The number of aromatic nitrogens is 2. The van der Waals surface area contributed by atoms with Crippen molar-refractivity contribution in [2.75, 3.05) is 0 Å². The molecule has 1 amide bonds. The topological polar surface area (TPSA) is 84.2 Å². The molecule has 0 aliphatic carbocycles. The summed E-state index contributed by atoms with van der Waals surface area (Å²) < 4.78 is 1.47. The minimum absolute atomic E-state index is 0.398. The summed E-state index contributed by atoms with van der Waals surface area (Å²) in [6.45, 7) is 1.66. The first kappa shape index (κ1) is 13.8. The Morgan fingerprint density at radius 2 is 1.95 bits per heavy atom. The molecule has 0 aliphatic heterocycles. The number of hydrogen-bond acceptors (Lipinski definition) is 3. The Bertz CT molecular complexity index is 581. The summed E-state index contributed by atoms with van der Waals surface area (Å²) in [6.07, 6.45) is 3.22. The van der Waals surface area contributed by atoms with E-state index in [0.717, 1.165) is 0 Å². The van der Waals surface area contributed by atoms with Gasteiger partial charge >= 0.3 is 5.97 Å². The molecule has 6 heteroatoms. The van der Waals surface area contributed by atoms with E-state index in [2.05, 4.69) is 10.4 Å². The second-order valence-corrected chi connectivity index (χ2v) is 4.35. The predicted molar refractivity (Wildman–Crippen MR) is 71.9 cm³/mol. The van der Waals surface area contributed by atoms with Crippen LogP contribution in [0.15, 0.2) is 48.8 Å². The lowest BCUT2D eigenvalue weighted by Crippen LogP contribution is -2.37. The summed E-state index contributed by atoms with van der Waals surface area (Å²) in [4.78, 5) is 23.4. The fraction of sp³-hybridized carbons (Fsp3) is 0.214. The first-order chi connectivity index (χ1) is 9.59. The molecule has 0 fully saturated rings. The smallest absolute Gasteiger partial charge is 0.330 e. The van der Waals surface area contributed by atoms with Crippen molar-refractivity contribution in [3.63, 3.8) is 0 Å². The zero-order valence-electron chi connectivity index (χ0n) is 10.9. The van der Waals surface area contributed by atoms with E-state index < -0.39 is 24.0 Å². The molecule has 20 heavy (non-hydrogen) atoms. The van der Waals surface area contributed by atoms with E-state index in [4.69, 9.17) is 0 Å². The van der Waals surface area contributed by atoms with Crippen LogP contribution in [0, 0.1) is 0 Å². The maximum absolute atomic E-state index is 12.1. The van der Waals surface area contributed by atoms with Crippen molar-refractivity contribution >= 4 is 11.9 Å². The summed E-state index contributed by atoms with van der Waals surface area (Å²) in [5, 5.41) is 15.7. The molecular weight excluding hydrogens is 258 g/mol. The first-order valence-corrected chi connectivity index (χ1v) is 6.17. The normalized spacial score (nSPS) is 13.4. The second-order valence-electron chi connectivity index (χ2n) is 4.35. The fourth-order valence-electron chi connectivity index (χ4n) is 1.83. The number of benzene rings is 1. The number of nitrogens with one attached hydrogen (secondary N) is 1. The van der Waals surface area contributed by atoms with Crippen molar-refractivity contribution in [3.05, 3.63) is 54.4 Å². The van der Waals surface area contributed by atoms with Crippen LogP contribution in [0.1, 0.15) is 24.6 Å². The summed E-state index contributed by atoms with van der Waals surface area (Å²) in [5.41, 5.74) is 0.529. The number of nitrogens with zero attached hydrogens (tertiary/aromatic N) is 2. The van der Waals surface area contributed by atoms with Crippen LogP contribution < -0.4 is 5.32 Å². The minimum atomic E-state index is -1.10. The van der Waals surface area contributed by atoms with Crippen LogP contribution in [0.2, 0.25) is 0 Å². The lowest BCUT2D eigenvalue weighted by molar-refractivity contribution is -0.142. The van der Waals surface area contributed by atoms with Crippen LogP contribution >= 0.6 is 0 Å². The van der Waals surface area contributed by atoms with Crippen molar-refractivity contribution < 1.29 is 14.7 Å². The van der Waals surface area contributed by atoms with Gasteiger partial charge in [-0.25, -0.2) is 4.79 Å². The van der Waals surface area contributed by atoms with Gasteiger partial charge in [-0.3, -0.25) is 9.48 Å². The molecule has 0 saturated carbocycles. The maximum atomic E-state index is 12.1. The highest BCUT2D eigenvalue weighted by Crippen LogP contribution is 2.14. The Hall–Kier alpha value is -2.63. The van der Waals surface area contributed by atoms with Gasteiger partial charge in [0.25, 0.3) is 0 Å². The standard InChI is InChI=1S/C14H15N3O3/c1-10(17-9-5-8-15-17)13(18)16-12(14(19)20)11-6-3-2-4-7-11/h2-10,12H,1H3,(H,16,18)(H,19,20)/t10?,12-/m1/s1. The molecule has 2 rings (SSSR count). The van der Waals surface area contributed by atoms with Gasteiger partial charge in [0.05, 0.1) is 0 Å². The third kappa shape index (κ3) is 3.03. The highest BCUT2D eigenvalue weighted by atomic mass is 16.4. The molecule has 0 aliphatic rings. The van der Waals surface area contributed by atoms with Crippen molar-refractivity contribution in [2.24, 2.45) is 0 Å².